The molecular formula is C12H13BrF3NO2. The third-order valence-corrected chi connectivity index (χ3v) is 2.93. The Bertz CT molecular complexity index is 423. The Morgan fingerprint density at radius 1 is 1.37 bits per heavy atom. The van der Waals surface area contributed by atoms with E-state index < -0.39 is 24.1 Å². The van der Waals surface area contributed by atoms with Crippen molar-refractivity contribution >= 4 is 21.8 Å². The highest BCUT2D eigenvalue weighted by Gasteiger charge is 2.17. The lowest BCUT2D eigenvalue weighted by atomic mass is 10.00. The first-order valence-corrected chi connectivity index (χ1v) is 6.33. The second-order valence-electron chi connectivity index (χ2n) is 4.08. The number of aliphatic hydroxyl groups excluding tert-OH is 1. The molecule has 0 radical (unpaired) electrons. The van der Waals surface area contributed by atoms with Crippen molar-refractivity contribution in [3.05, 3.63) is 34.1 Å². The average molecular weight is 340 g/mol. The van der Waals surface area contributed by atoms with Crippen LogP contribution in [0.25, 0.3) is 0 Å². The number of hydrogen-bond donors (Lipinski definition) is 2. The van der Waals surface area contributed by atoms with Gasteiger partial charge in [0, 0.05) is 23.5 Å². The van der Waals surface area contributed by atoms with Crippen molar-refractivity contribution in [1.82, 2.24) is 5.32 Å². The van der Waals surface area contributed by atoms with Gasteiger partial charge in [0.2, 0.25) is 0 Å². The zero-order valence-electron chi connectivity index (χ0n) is 9.88. The number of aliphatic hydroxyl groups is 1. The highest BCUT2D eigenvalue weighted by molar-refractivity contribution is 9.10. The molecule has 0 aliphatic carbocycles. The fourth-order valence-electron chi connectivity index (χ4n) is 1.59. The van der Waals surface area contributed by atoms with Gasteiger partial charge in [-0.1, -0.05) is 15.9 Å². The molecule has 0 spiro atoms. The molecule has 1 unspecified atom stereocenters. The van der Waals surface area contributed by atoms with Gasteiger partial charge in [-0.25, -0.2) is 4.39 Å². The number of rotatable bonds is 6. The molecule has 1 atom stereocenters. The molecule has 0 aromatic heterocycles. The van der Waals surface area contributed by atoms with Crippen LogP contribution in [0.5, 0.6) is 0 Å². The molecule has 0 aliphatic rings. The number of benzene rings is 1. The molecule has 1 amide bonds. The van der Waals surface area contributed by atoms with Crippen molar-refractivity contribution in [1.29, 1.82) is 0 Å². The normalized spacial score (nSPS) is 12.5. The minimum Gasteiger partial charge on any atom is -0.396 e. The fraction of sp³-hybridized carbons (Fsp3) is 0.417. The van der Waals surface area contributed by atoms with E-state index in [2.05, 4.69) is 15.9 Å². The van der Waals surface area contributed by atoms with Crippen LogP contribution in [0.3, 0.4) is 0 Å². The Morgan fingerprint density at radius 2 is 2.05 bits per heavy atom. The third kappa shape index (κ3) is 5.61. The van der Waals surface area contributed by atoms with Crippen LogP contribution in [0.15, 0.2) is 22.7 Å². The van der Waals surface area contributed by atoms with Gasteiger partial charge in [0.05, 0.1) is 0 Å². The molecule has 2 N–H and O–H groups in total. The number of nitrogens with one attached hydrogen (secondary N) is 1. The van der Waals surface area contributed by atoms with Crippen LogP contribution in [0.1, 0.15) is 5.56 Å². The van der Waals surface area contributed by atoms with Crippen molar-refractivity contribution in [2.24, 2.45) is 5.92 Å². The maximum atomic E-state index is 13.1. The number of alkyl halides is 2. The lowest BCUT2D eigenvalue weighted by molar-refractivity contribution is -0.131. The van der Waals surface area contributed by atoms with Gasteiger partial charge in [0.15, 0.2) is 0 Å². The van der Waals surface area contributed by atoms with Crippen LogP contribution in [0.4, 0.5) is 13.2 Å². The molecule has 0 bridgehead atoms. The van der Waals surface area contributed by atoms with Gasteiger partial charge in [-0.3, -0.25) is 4.79 Å². The summed E-state index contributed by atoms with van der Waals surface area (Å²) in [6, 6.07) is 4.25. The number of carbonyl (C=O) groups excluding carboxylic acids is 1. The van der Waals surface area contributed by atoms with E-state index in [0.717, 1.165) is 0 Å². The van der Waals surface area contributed by atoms with E-state index in [1.807, 2.05) is 5.32 Å². The smallest absolute Gasteiger partial charge is 0.315 e. The van der Waals surface area contributed by atoms with E-state index in [4.69, 9.17) is 5.11 Å². The summed E-state index contributed by atoms with van der Waals surface area (Å²) in [5.74, 6) is -2.26. The van der Waals surface area contributed by atoms with Gasteiger partial charge in [0.1, 0.15) is 5.82 Å². The van der Waals surface area contributed by atoms with Crippen molar-refractivity contribution < 1.29 is 23.1 Å². The summed E-state index contributed by atoms with van der Waals surface area (Å²) in [6.45, 7) is -0.383. The number of amides is 1. The minimum atomic E-state index is -3.08. The van der Waals surface area contributed by atoms with Gasteiger partial charge >= 0.3 is 6.43 Å². The first kappa shape index (κ1) is 16.0. The summed E-state index contributed by atoms with van der Waals surface area (Å²) in [5.41, 5.74) is 0.609. The second kappa shape index (κ2) is 7.49. The van der Waals surface area contributed by atoms with E-state index in [1.54, 1.807) is 6.07 Å². The van der Waals surface area contributed by atoms with Crippen LogP contribution >= 0.6 is 15.9 Å². The van der Waals surface area contributed by atoms with E-state index in [1.165, 1.54) is 12.1 Å². The highest BCUT2D eigenvalue weighted by Crippen LogP contribution is 2.17. The van der Waals surface area contributed by atoms with E-state index >= 15 is 0 Å². The SMILES string of the molecule is O=C(NCC(CO)Cc1cc(F)cc(Br)c1)C(F)F. The van der Waals surface area contributed by atoms with Crippen LogP contribution in [-0.2, 0) is 11.2 Å². The third-order valence-electron chi connectivity index (χ3n) is 2.47. The largest absolute Gasteiger partial charge is 0.396 e. The Morgan fingerprint density at radius 3 is 2.58 bits per heavy atom. The molecule has 0 fully saturated rings. The zero-order valence-corrected chi connectivity index (χ0v) is 11.5. The first-order chi connectivity index (χ1) is 8.92. The van der Waals surface area contributed by atoms with Crippen molar-refractivity contribution in [3.63, 3.8) is 0 Å². The van der Waals surface area contributed by atoms with E-state index in [9.17, 15) is 18.0 Å². The number of halogens is 4. The van der Waals surface area contributed by atoms with Gasteiger partial charge in [-0.15, -0.1) is 0 Å². The van der Waals surface area contributed by atoms with Gasteiger partial charge in [0.25, 0.3) is 5.91 Å². The van der Waals surface area contributed by atoms with Gasteiger partial charge in [-0.05, 0) is 30.2 Å². The molecule has 0 saturated carbocycles. The summed E-state index contributed by atoms with van der Waals surface area (Å²) in [6.07, 6.45) is -2.81. The highest BCUT2D eigenvalue weighted by atomic mass is 79.9. The van der Waals surface area contributed by atoms with E-state index in [0.29, 0.717) is 10.0 Å². The summed E-state index contributed by atoms with van der Waals surface area (Å²) in [5, 5.41) is 11.2. The topological polar surface area (TPSA) is 49.3 Å². The Labute approximate surface area is 116 Å². The number of hydrogen-bond acceptors (Lipinski definition) is 2. The predicted molar refractivity (Wildman–Crippen MR) is 67.4 cm³/mol. The molecule has 19 heavy (non-hydrogen) atoms. The summed E-state index contributed by atoms with van der Waals surface area (Å²) >= 11 is 3.13. The Balaban J connectivity index is 2.59. The predicted octanol–water partition coefficient (Wildman–Crippen LogP) is 2.12. The molecule has 7 heteroatoms. The van der Waals surface area contributed by atoms with Gasteiger partial charge < -0.3 is 10.4 Å². The molecule has 106 valence electrons. The van der Waals surface area contributed by atoms with E-state index in [-0.39, 0.29) is 19.6 Å². The molecule has 0 heterocycles. The van der Waals surface area contributed by atoms with Gasteiger partial charge in [-0.2, -0.15) is 8.78 Å². The average Bonchev–Trinajstić information content (AvgIpc) is 2.32. The lowest BCUT2D eigenvalue weighted by Gasteiger charge is -2.15. The lowest BCUT2D eigenvalue weighted by Crippen LogP contribution is -2.35. The summed E-state index contributed by atoms with van der Waals surface area (Å²) < 4.78 is 37.7. The van der Waals surface area contributed by atoms with Crippen LogP contribution in [-0.4, -0.2) is 30.6 Å². The molecule has 0 saturated heterocycles. The maximum Gasteiger partial charge on any atom is 0.315 e. The number of carbonyl (C=O) groups is 1. The Hall–Kier alpha value is -1.08. The van der Waals surface area contributed by atoms with Crippen LogP contribution in [0, 0.1) is 11.7 Å². The summed E-state index contributed by atoms with van der Waals surface area (Å²) in [4.78, 5) is 10.7. The second-order valence-corrected chi connectivity index (χ2v) is 4.99. The van der Waals surface area contributed by atoms with Crippen LogP contribution in [0.2, 0.25) is 0 Å². The first-order valence-electron chi connectivity index (χ1n) is 5.54. The minimum absolute atomic E-state index is 0.0895. The summed E-state index contributed by atoms with van der Waals surface area (Å²) in [7, 11) is 0. The molecule has 1 rings (SSSR count). The Kier molecular flexibility index (Phi) is 6.30. The molecule has 3 nitrogen and oxygen atoms in total. The molecule has 0 aliphatic heterocycles. The van der Waals surface area contributed by atoms with Crippen molar-refractivity contribution in [3.8, 4) is 0 Å². The van der Waals surface area contributed by atoms with Crippen molar-refractivity contribution in [2.75, 3.05) is 13.2 Å². The monoisotopic (exact) mass is 339 g/mol. The molecule has 1 aromatic carbocycles. The standard InChI is InChI=1S/C12H13BrF3NO2/c13-9-2-7(3-10(14)4-9)1-8(6-18)5-17-12(19)11(15)16/h2-4,8,11,18H,1,5-6H2,(H,17,19). The fourth-order valence-corrected chi connectivity index (χ4v) is 2.10. The quantitative estimate of drug-likeness (QED) is 0.834. The zero-order chi connectivity index (χ0) is 14.4. The molecular weight excluding hydrogens is 327 g/mol. The van der Waals surface area contributed by atoms with Crippen LogP contribution < -0.4 is 5.32 Å². The molecule has 1 aromatic rings. The van der Waals surface area contributed by atoms with Crippen molar-refractivity contribution in [2.45, 2.75) is 12.8 Å². The maximum absolute atomic E-state index is 13.1.